The van der Waals surface area contributed by atoms with Crippen molar-refractivity contribution < 1.29 is 14.0 Å². The summed E-state index contributed by atoms with van der Waals surface area (Å²) in [6, 6.07) is 4.09. The molecule has 2 heterocycles. The lowest BCUT2D eigenvalue weighted by Gasteiger charge is -2.00. The van der Waals surface area contributed by atoms with E-state index in [-0.39, 0.29) is 29.4 Å². The number of hydrogen-bond donors (Lipinski definition) is 2. The molecule has 0 atom stereocenters. The molecule has 2 N–H and O–H groups in total. The molecule has 0 radical (unpaired) electrons. The first-order chi connectivity index (χ1) is 10.2. The first-order valence-electron chi connectivity index (χ1n) is 6.79. The molecule has 0 spiro atoms. The molecule has 7 heteroatoms. The Morgan fingerprint density at radius 2 is 2.29 bits per heavy atom. The minimum absolute atomic E-state index is 0.0694. The van der Waals surface area contributed by atoms with Crippen molar-refractivity contribution in [2.75, 3.05) is 11.9 Å². The first-order valence-corrected chi connectivity index (χ1v) is 7.67. The molecule has 2 amide bonds. The molecule has 0 aromatic carbocycles. The summed E-state index contributed by atoms with van der Waals surface area (Å²) in [6.07, 6.45) is 3.85. The summed E-state index contributed by atoms with van der Waals surface area (Å²) in [5.41, 5.74) is 0.173. The van der Waals surface area contributed by atoms with E-state index in [2.05, 4.69) is 15.6 Å². The second kappa shape index (κ2) is 6.09. The van der Waals surface area contributed by atoms with Crippen LogP contribution < -0.4 is 10.6 Å². The maximum absolute atomic E-state index is 11.9. The first kappa shape index (κ1) is 13.8. The van der Waals surface area contributed by atoms with Crippen LogP contribution in [0.25, 0.3) is 0 Å². The fourth-order valence-corrected chi connectivity index (χ4v) is 2.54. The van der Waals surface area contributed by atoms with E-state index in [9.17, 15) is 9.59 Å². The van der Waals surface area contributed by atoms with Crippen LogP contribution in [-0.2, 0) is 11.2 Å². The van der Waals surface area contributed by atoms with Crippen molar-refractivity contribution in [1.82, 2.24) is 10.3 Å². The summed E-state index contributed by atoms with van der Waals surface area (Å²) in [5, 5.41) is 7.34. The molecule has 1 aliphatic carbocycles. The van der Waals surface area contributed by atoms with E-state index >= 15 is 0 Å². The fraction of sp³-hybridized carbons (Fsp3) is 0.357. The number of rotatable bonds is 6. The van der Waals surface area contributed by atoms with Gasteiger partial charge in [-0.15, -0.1) is 11.3 Å². The highest BCUT2D eigenvalue weighted by Crippen LogP contribution is 2.30. The molecule has 21 heavy (non-hydrogen) atoms. The van der Waals surface area contributed by atoms with Crippen LogP contribution in [0.2, 0.25) is 0 Å². The van der Waals surface area contributed by atoms with Crippen LogP contribution in [0, 0.1) is 5.92 Å². The van der Waals surface area contributed by atoms with Crippen molar-refractivity contribution in [3.63, 3.8) is 0 Å². The van der Waals surface area contributed by atoms with E-state index in [4.69, 9.17) is 4.42 Å². The number of nitrogens with zero attached hydrogens (tertiary/aromatic N) is 1. The second-order valence-electron chi connectivity index (χ2n) is 4.89. The van der Waals surface area contributed by atoms with Crippen LogP contribution >= 0.6 is 11.3 Å². The second-order valence-corrected chi connectivity index (χ2v) is 5.92. The Morgan fingerprint density at radius 3 is 3.00 bits per heavy atom. The molecule has 1 saturated carbocycles. The third-order valence-corrected chi connectivity index (χ3v) is 4.09. The summed E-state index contributed by atoms with van der Waals surface area (Å²) >= 11 is 1.66. The SMILES string of the molecule is O=C(NCCc1cccs1)c1coc(NC(=O)C2CC2)n1. The van der Waals surface area contributed by atoms with Crippen molar-refractivity contribution in [2.45, 2.75) is 19.3 Å². The number of carbonyl (C=O) groups is 2. The van der Waals surface area contributed by atoms with Crippen molar-refractivity contribution in [3.8, 4) is 0 Å². The molecule has 2 aromatic rings. The maximum Gasteiger partial charge on any atom is 0.302 e. The third kappa shape index (κ3) is 3.69. The summed E-state index contributed by atoms with van der Waals surface area (Å²) in [7, 11) is 0. The molecular formula is C14H15N3O3S. The van der Waals surface area contributed by atoms with Crippen molar-refractivity contribution in [1.29, 1.82) is 0 Å². The van der Waals surface area contributed by atoms with Crippen molar-refractivity contribution >= 4 is 29.2 Å². The molecular weight excluding hydrogens is 290 g/mol. The Hall–Kier alpha value is -2.15. The van der Waals surface area contributed by atoms with Crippen LogP contribution in [0.4, 0.5) is 6.01 Å². The molecule has 2 aromatic heterocycles. The van der Waals surface area contributed by atoms with E-state index in [0.717, 1.165) is 19.3 Å². The highest BCUT2D eigenvalue weighted by atomic mass is 32.1. The van der Waals surface area contributed by atoms with Gasteiger partial charge in [0.1, 0.15) is 6.26 Å². The lowest BCUT2D eigenvalue weighted by atomic mass is 10.3. The average molecular weight is 305 g/mol. The molecule has 1 aliphatic rings. The monoisotopic (exact) mass is 305 g/mol. The smallest absolute Gasteiger partial charge is 0.302 e. The Bertz CT molecular complexity index is 632. The zero-order valence-corrected chi connectivity index (χ0v) is 12.1. The van der Waals surface area contributed by atoms with E-state index in [1.807, 2.05) is 17.5 Å². The molecule has 1 fully saturated rings. The van der Waals surface area contributed by atoms with E-state index in [1.54, 1.807) is 11.3 Å². The lowest BCUT2D eigenvalue weighted by molar-refractivity contribution is -0.117. The molecule has 6 nitrogen and oxygen atoms in total. The van der Waals surface area contributed by atoms with Gasteiger partial charge in [0.05, 0.1) is 0 Å². The third-order valence-electron chi connectivity index (χ3n) is 3.15. The number of thiophene rings is 1. The normalized spacial score (nSPS) is 13.9. The minimum Gasteiger partial charge on any atom is -0.431 e. The van der Waals surface area contributed by atoms with Gasteiger partial charge >= 0.3 is 6.01 Å². The van der Waals surface area contributed by atoms with Crippen LogP contribution in [0.3, 0.4) is 0 Å². The number of oxazole rings is 1. The highest BCUT2D eigenvalue weighted by Gasteiger charge is 2.30. The van der Waals surface area contributed by atoms with Crippen LogP contribution in [0.15, 0.2) is 28.2 Å². The molecule has 0 bridgehead atoms. The summed E-state index contributed by atoms with van der Waals surface area (Å²) in [6.45, 7) is 0.538. The van der Waals surface area contributed by atoms with Crippen molar-refractivity contribution in [3.05, 3.63) is 34.3 Å². The lowest BCUT2D eigenvalue weighted by Crippen LogP contribution is -2.25. The largest absolute Gasteiger partial charge is 0.431 e. The van der Waals surface area contributed by atoms with Gasteiger partial charge in [-0.3, -0.25) is 14.9 Å². The van der Waals surface area contributed by atoms with E-state index < -0.39 is 0 Å². The van der Waals surface area contributed by atoms with Gasteiger partial charge in [0.15, 0.2) is 5.69 Å². The standard InChI is InChI=1S/C14H15N3O3S/c18-12(9-3-4-9)17-14-16-11(8-20-14)13(19)15-6-5-10-2-1-7-21-10/h1-2,7-9H,3-6H2,(H,15,19)(H,16,17,18). The Balaban J connectivity index is 1.48. The molecule has 0 aliphatic heterocycles. The average Bonchev–Trinajstić information content (AvgIpc) is 3.00. The number of carbonyl (C=O) groups excluding carboxylic acids is 2. The van der Waals surface area contributed by atoms with Crippen molar-refractivity contribution in [2.24, 2.45) is 5.92 Å². The van der Waals surface area contributed by atoms with Gasteiger partial charge in [-0.05, 0) is 30.7 Å². The van der Waals surface area contributed by atoms with Gasteiger partial charge in [-0.25, -0.2) is 0 Å². The minimum atomic E-state index is -0.303. The quantitative estimate of drug-likeness (QED) is 0.855. The number of anilines is 1. The van der Waals surface area contributed by atoms with E-state index in [0.29, 0.717) is 6.54 Å². The molecule has 110 valence electrons. The predicted molar refractivity (Wildman–Crippen MR) is 78.2 cm³/mol. The number of aromatic nitrogens is 1. The summed E-state index contributed by atoms with van der Waals surface area (Å²) in [5.74, 6) is -0.330. The number of amides is 2. The van der Waals surface area contributed by atoms with Crippen LogP contribution in [-0.4, -0.2) is 23.3 Å². The summed E-state index contributed by atoms with van der Waals surface area (Å²) < 4.78 is 5.08. The Morgan fingerprint density at radius 1 is 1.43 bits per heavy atom. The van der Waals surface area contributed by atoms with Crippen LogP contribution in [0.5, 0.6) is 0 Å². The molecule has 0 unspecified atom stereocenters. The van der Waals surface area contributed by atoms with Gasteiger partial charge in [-0.1, -0.05) is 6.07 Å². The van der Waals surface area contributed by atoms with E-state index in [1.165, 1.54) is 11.1 Å². The number of hydrogen-bond acceptors (Lipinski definition) is 5. The predicted octanol–water partition coefficient (Wildman–Crippen LogP) is 2.06. The van der Waals surface area contributed by atoms with Gasteiger partial charge in [-0.2, -0.15) is 4.98 Å². The zero-order valence-electron chi connectivity index (χ0n) is 11.3. The Labute approximate surface area is 125 Å². The van der Waals surface area contributed by atoms with Gasteiger partial charge < -0.3 is 9.73 Å². The zero-order chi connectivity index (χ0) is 14.7. The fourth-order valence-electron chi connectivity index (χ4n) is 1.83. The maximum atomic E-state index is 11.9. The number of nitrogens with one attached hydrogen (secondary N) is 2. The Kier molecular flexibility index (Phi) is 4.01. The van der Waals surface area contributed by atoms with Gasteiger partial charge in [0, 0.05) is 17.3 Å². The van der Waals surface area contributed by atoms with Gasteiger partial charge in [0.25, 0.3) is 5.91 Å². The van der Waals surface area contributed by atoms with Gasteiger partial charge in [0.2, 0.25) is 5.91 Å². The highest BCUT2D eigenvalue weighted by molar-refractivity contribution is 7.09. The molecule has 0 saturated heterocycles. The molecule has 3 rings (SSSR count). The summed E-state index contributed by atoms with van der Waals surface area (Å²) in [4.78, 5) is 28.6. The van der Waals surface area contributed by atoms with Crippen LogP contribution in [0.1, 0.15) is 28.2 Å². The topological polar surface area (TPSA) is 84.2 Å².